The summed E-state index contributed by atoms with van der Waals surface area (Å²) in [7, 11) is 0. The largest absolute Gasteiger partial charge is 0.359 e. The summed E-state index contributed by atoms with van der Waals surface area (Å²) in [5.41, 5.74) is 2.18. The molecule has 0 amide bonds. The van der Waals surface area contributed by atoms with Crippen molar-refractivity contribution in [3.05, 3.63) is 31.2 Å². The Labute approximate surface area is 83.6 Å². The molecular formula is C10H14N4. The van der Waals surface area contributed by atoms with Crippen molar-refractivity contribution in [2.24, 2.45) is 0 Å². The monoisotopic (exact) mass is 190 g/mol. The first-order valence-electron chi connectivity index (χ1n) is 4.69. The maximum Gasteiger partial charge on any atom is 0.0804 e. The molecule has 0 bridgehead atoms. The van der Waals surface area contributed by atoms with Crippen LogP contribution in [0, 0.1) is 0 Å². The second-order valence-electron chi connectivity index (χ2n) is 3.16. The van der Waals surface area contributed by atoms with Gasteiger partial charge in [0.1, 0.15) is 0 Å². The second-order valence-corrected chi connectivity index (χ2v) is 3.16. The topological polar surface area (TPSA) is 40.2 Å². The lowest BCUT2D eigenvalue weighted by atomic mass is 10.3. The predicted octanol–water partition coefficient (Wildman–Crippen LogP) is 1.00. The van der Waals surface area contributed by atoms with Crippen LogP contribution in [0.25, 0.3) is 0 Å². The smallest absolute Gasteiger partial charge is 0.0804 e. The molecule has 1 aromatic heterocycles. The van der Waals surface area contributed by atoms with E-state index < -0.39 is 0 Å². The molecule has 2 heterocycles. The maximum absolute atomic E-state index is 4.08. The zero-order valence-corrected chi connectivity index (χ0v) is 8.03. The average molecular weight is 190 g/mol. The zero-order valence-electron chi connectivity index (χ0n) is 8.03. The number of nitrogens with zero attached hydrogens (tertiary/aromatic N) is 2. The Kier molecular flexibility index (Phi) is 2.65. The second kappa shape index (κ2) is 4.11. The molecule has 2 N–H and O–H groups in total. The molecule has 0 aliphatic carbocycles. The van der Waals surface area contributed by atoms with Gasteiger partial charge in [0.15, 0.2) is 0 Å². The Morgan fingerprint density at radius 1 is 1.64 bits per heavy atom. The molecule has 14 heavy (non-hydrogen) atoms. The molecular weight excluding hydrogens is 176 g/mol. The number of hydrogen-bond donors (Lipinski definition) is 2. The van der Waals surface area contributed by atoms with Crippen molar-refractivity contribution in [3.63, 3.8) is 0 Å². The molecule has 0 radical (unpaired) electrons. The van der Waals surface area contributed by atoms with Gasteiger partial charge in [-0.05, 0) is 12.3 Å². The first kappa shape index (κ1) is 9.02. The summed E-state index contributed by atoms with van der Waals surface area (Å²) in [6.45, 7) is 6.62. The highest BCUT2D eigenvalue weighted by Crippen LogP contribution is 2.24. The molecule has 1 aromatic rings. The minimum atomic E-state index is 0.899. The van der Waals surface area contributed by atoms with Crippen molar-refractivity contribution in [2.75, 3.05) is 30.0 Å². The Bertz CT molecular complexity index is 318. The number of rotatable bonds is 3. The molecule has 0 spiro atoms. The number of aromatic nitrogens is 1. The molecule has 0 aromatic carbocycles. The van der Waals surface area contributed by atoms with E-state index in [9.17, 15) is 0 Å². The van der Waals surface area contributed by atoms with Crippen LogP contribution in [0.3, 0.4) is 0 Å². The predicted molar refractivity (Wildman–Crippen MR) is 58.3 cm³/mol. The highest BCUT2D eigenvalue weighted by molar-refractivity contribution is 5.69. The summed E-state index contributed by atoms with van der Waals surface area (Å²) in [6.07, 6.45) is 5.29. The van der Waals surface area contributed by atoms with Gasteiger partial charge in [-0.2, -0.15) is 0 Å². The van der Waals surface area contributed by atoms with Gasteiger partial charge in [0, 0.05) is 19.3 Å². The highest BCUT2D eigenvalue weighted by atomic mass is 15.3. The van der Waals surface area contributed by atoms with Crippen LogP contribution in [0.1, 0.15) is 0 Å². The third kappa shape index (κ3) is 1.70. The van der Waals surface area contributed by atoms with Crippen molar-refractivity contribution in [1.82, 2.24) is 10.3 Å². The van der Waals surface area contributed by atoms with Crippen LogP contribution in [0.5, 0.6) is 0 Å². The Balaban J connectivity index is 2.25. The van der Waals surface area contributed by atoms with E-state index in [0.29, 0.717) is 0 Å². The number of anilines is 2. The molecule has 1 fully saturated rings. The standard InChI is InChI=1S/C10H14N4/c1-2-13-9-7-11-4-3-10(9)14-6-5-12-8-14/h2-4,7,12-13H,1,5-6,8H2. The molecule has 2 rings (SSSR count). The van der Waals surface area contributed by atoms with E-state index in [2.05, 4.69) is 27.1 Å². The lowest BCUT2D eigenvalue weighted by Gasteiger charge is -2.19. The minimum Gasteiger partial charge on any atom is -0.359 e. The normalized spacial score (nSPS) is 15.6. The van der Waals surface area contributed by atoms with Crippen LogP contribution >= 0.6 is 0 Å². The fraction of sp³-hybridized carbons (Fsp3) is 0.300. The number of pyridine rings is 1. The van der Waals surface area contributed by atoms with Gasteiger partial charge in [-0.25, -0.2) is 0 Å². The van der Waals surface area contributed by atoms with Gasteiger partial charge in [0.2, 0.25) is 0 Å². The van der Waals surface area contributed by atoms with Gasteiger partial charge in [0.05, 0.1) is 24.2 Å². The van der Waals surface area contributed by atoms with Crippen LogP contribution < -0.4 is 15.5 Å². The van der Waals surface area contributed by atoms with Gasteiger partial charge in [-0.3, -0.25) is 10.3 Å². The molecule has 4 nitrogen and oxygen atoms in total. The summed E-state index contributed by atoms with van der Waals surface area (Å²) in [4.78, 5) is 6.35. The van der Waals surface area contributed by atoms with Crippen molar-refractivity contribution in [3.8, 4) is 0 Å². The van der Waals surface area contributed by atoms with E-state index in [-0.39, 0.29) is 0 Å². The molecule has 0 atom stereocenters. The summed E-state index contributed by atoms with van der Waals surface area (Å²) in [6, 6.07) is 2.01. The average Bonchev–Trinajstić information content (AvgIpc) is 2.72. The van der Waals surface area contributed by atoms with Gasteiger partial charge in [-0.15, -0.1) is 0 Å². The SMILES string of the molecule is C=CNc1cnccc1N1CCNC1. The lowest BCUT2D eigenvalue weighted by Crippen LogP contribution is -2.21. The van der Waals surface area contributed by atoms with Crippen molar-refractivity contribution in [1.29, 1.82) is 0 Å². The lowest BCUT2D eigenvalue weighted by molar-refractivity contribution is 0.855. The molecule has 0 saturated carbocycles. The van der Waals surface area contributed by atoms with Crippen molar-refractivity contribution < 1.29 is 0 Å². The van der Waals surface area contributed by atoms with Crippen LogP contribution in [-0.2, 0) is 0 Å². The molecule has 74 valence electrons. The third-order valence-electron chi connectivity index (χ3n) is 2.26. The zero-order chi connectivity index (χ0) is 9.80. The fourth-order valence-electron chi connectivity index (χ4n) is 1.60. The Morgan fingerprint density at radius 3 is 3.29 bits per heavy atom. The van der Waals surface area contributed by atoms with Crippen LogP contribution in [0.2, 0.25) is 0 Å². The van der Waals surface area contributed by atoms with Crippen LogP contribution in [0.4, 0.5) is 11.4 Å². The van der Waals surface area contributed by atoms with Gasteiger partial charge in [0.25, 0.3) is 0 Å². The molecule has 0 unspecified atom stereocenters. The van der Waals surface area contributed by atoms with Gasteiger partial charge in [-0.1, -0.05) is 6.58 Å². The summed E-state index contributed by atoms with van der Waals surface area (Å²) >= 11 is 0. The molecule has 4 heteroatoms. The van der Waals surface area contributed by atoms with Gasteiger partial charge < -0.3 is 10.2 Å². The Hall–Kier alpha value is -1.55. The molecule has 1 saturated heterocycles. The summed E-state index contributed by atoms with van der Waals surface area (Å²) in [5, 5.41) is 6.38. The van der Waals surface area contributed by atoms with Crippen molar-refractivity contribution >= 4 is 11.4 Å². The van der Waals surface area contributed by atoms with E-state index >= 15 is 0 Å². The van der Waals surface area contributed by atoms with Gasteiger partial charge >= 0.3 is 0 Å². The van der Waals surface area contributed by atoms with Crippen LogP contribution in [-0.4, -0.2) is 24.7 Å². The minimum absolute atomic E-state index is 0.899. The van der Waals surface area contributed by atoms with E-state index in [1.165, 1.54) is 5.69 Å². The fourth-order valence-corrected chi connectivity index (χ4v) is 1.60. The molecule has 1 aliphatic rings. The summed E-state index contributed by atoms with van der Waals surface area (Å²) in [5.74, 6) is 0. The maximum atomic E-state index is 4.08. The quantitative estimate of drug-likeness (QED) is 0.746. The first-order chi connectivity index (χ1) is 6.92. The van der Waals surface area contributed by atoms with E-state index in [4.69, 9.17) is 0 Å². The first-order valence-corrected chi connectivity index (χ1v) is 4.69. The third-order valence-corrected chi connectivity index (χ3v) is 2.26. The summed E-state index contributed by atoms with van der Waals surface area (Å²) < 4.78 is 0. The number of hydrogen-bond acceptors (Lipinski definition) is 4. The Morgan fingerprint density at radius 2 is 2.57 bits per heavy atom. The van der Waals surface area contributed by atoms with E-state index in [1.54, 1.807) is 6.20 Å². The molecule has 1 aliphatic heterocycles. The van der Waals surface area contributed by atoms with Crippen LogP contribution in [0.15, 0.2) is 31.2 Å². The van der Waals surface area contributed by atoms with E-state index in [1.807, 2.05) is 18.5 Å². The van der Waals surface area contributed by atoms with Crippen molar-refractivity contribution in [2.45, 2.75) is 0 Å². The highest BCUT2D eigenvalue weighted by Gasteiger charge is 2.14. The number of nitrogens with one attached hydrogen (secondary N) is 2. The van der Waals surface area contributed by atoms with E-state index in [0.717, 1.165) is 25.4 Å².